The molecule has 1 saturated heterocycles. The minimum absolute atomic E-state index is 0.0451. The van der Waals surface area contributed by atoms with Crippen molar-refractivity contribution in [1.82, 2.24) is 34.4 Å². The van der Waals surface area contributed by atoms with E-state index in [0.29, 0.717) is 25.3 Å². The number of H-pyrrole nitrogens is 2. The number of hydrogen-bond acceptors (Lipinski definition) is 4. The smallest absolute Gasteiger partial charge is 0.343 e. The molecule has 0 saturated carbocycles. The number of aryl methyl sites for hydroxylation is 1. The molecule has 9 heteroatoms. The number of amides is 1. The fraction of sp³-hybridized carbons (Fsp3) is 0.444. The molecule has 0 unspecified atom stereocenters. The van der Waals surface area contributed by atoms with E-state index in [0.717, 1.165) is 30.1 Å². The van der Waals surface area contributed by atoms with Crippen molar-refractivity contribution in [3.63, 3.8) is 0 Å². The minimum atomic E-state index is -0.170. The second kappa shape index (κ2) is 6.90. The summed E-state index contributed by atoms with van der Waals surface area (Å²) in [6.45, 7) is 3.79. The molecule has 3 aromatic heterocycles. The molecule has 9 nitrogen and oxygen atoms in total. The van der Waals surface area contributed by atoms with Crippen LogP contribution < -0.4 is 5.69 Å². The van der Waals surface area contributed by atoms with Crippen molar-refractivity contribution in [2.24, 2.45) is 7.05 Å². The number of hydrogen-bond donors (Lipinski definition) is 2. The molecule has 0 aliphatic carbocycles. The molecule has 4 rings (SSSR count). The predicted molar refractivity (Wildman–Crippen MR) is 99.4 cm³/mol. The van der Waals surface area contributed by atoms with E-state index >= 15 is 0 Å². The lowest BCUT2D eigenvalue weighted by molar-refractivity contribution is 0.0704. The van der Waals surface area contributed by atoms with Crippen molar-refractivity contribution in [3.8, 4) is 11.4 Å². The number of nitrogens with one attached hydrogen (secondary N) is 2. The summed E-state index contributed by atoms with van der Waals surface area (Å²) in [6.07, 6.45) is 3.52. The van der Waals surface area contributed by atoms with E-state index in [9.17, 15) is 9.59 Å². The highest BCUT2D eigenvalue weighted by atomic mass is 16.2. The zero-order valence-electron chi connectivity index (χ0n) is 15.5. The third-order valence-electron chi connectivity index (χ3n) is 5.27. The average molecular weight is 369 g/mol. The van der Waals surface area contributed by atoms with Crippen LogP contribution in [-0.4, -0.2) is 53.4 Å². The fourth-order valence-corrected chi connectivity index (χ4v) is 3.75. The maximum absolute atomic E-state index is 12.8. The molecule has 0 radical (unpaired) electrons. The Balaban J connectivity index is 1.44. The fourth-order valence-electron chi connectivity index (χ4n) is 3.75. The normalized spacial score (nSPS) is 15.4. The van der Waals surface area contributed by atoms with Crippen LogP contribution in [0.2, 0.25) is 0 Å². The van der Waals surface area contributed by atoms with Gasteiger partial charge < -0.3 is 9.47 Å². The largest absolute Gasteiger partial charge is 0.349 e. The maximum atomic E-state index is 12.8. The van der Waals surface area contributed by atoms with Gasteiger partial charge in [-0.05, 0) is 38.0 Å². The number of carbonyl (C=O) groups excluding carboxylic acids is 1. The summed E-state index contributed by atoms with van der Waals surface area (Å²) in [5, 5.41) is 13.9. The molecule has 4 heterocycles. The molecule has 1 aliphatic rings. The number of aromatic amines is 2. The Kier molecular flexibility index (Phi) is 4.43. The number of carbonyl (C=O) groups is 1. The van der Waals surface area contributed by atoms with Crippen molar-refractivity contribution in [1.29, 1.82) is 0 Å². The van der Waals surface area contributed by atoms with Crippen LogP contribution in [0.4, 0.5) is 0 Å². The summed E-state index contributed by atoms with van der Waals surface area (Å²) in [7, 11) is 1.95. The highest BCUT2D eigenvalue weighted by Gasteiger charge is 2.28. The van der Waals surface area contributed by atoms with Gasteiger partial charge in [0.2, 0.25) is 0 Å². The summed E-state index contributed by atoms with van der Waals surface area (Å²) < 4.78 is 3.64. The Labute approximate surface area is 156 Å². The van der Waals surface area contributed by atoms with Gasteiger partial charge in [0.1, 0.15) is 17.2 Å². The Bertz CT molecular complexity index is 1000. The van der Waals surface area contributed by atoms with E-state index < -0.39 is 0 Å². The summed E-state index contributed by atoms with van der Waals surface area (Å²) in [6, 6.07) is 5.71. The van der Waals surface area contributed by atoms with Gasteiger partial charge in [-0.3, -0.25) is 14.5 Å². The number of likely N-dealkylation sites (tertiary alicyclic amines) is 1. The van der Waals surface area contributed by atoms with Gasteiger partial charge in [0.15, 0.2) is 0 Å². The molecule has 0 aromatic carbocycles. The first-order chi connectivity index (χ1) is 13.1. The van der Waals surface area contributed by atoms with Crippen molar-refractivity contribution in [3.05, 3.63) is 46.4 Å². The van der Waals surface area contributed by atoms with Gasteiger partial charge in [-0.2, -0.15) is 10.2 Å². The lowest BCUT2D eigenvalue weighted by Crippen LogP contribution is -2.38. The van der Waals surface area contributed by atoms with Gasteiger partial charge in [-0.15, -0.1) is 0 Å². The van der Waals surface area contributed by atoms with Crippen LogP contribution in [-0.2, 0) is 13.6 Å². The van der Waals surface area contributed by atoms with Gasteiger partial charge >= 0.3 is 5.69 Å². The van der Waals surface area contributed by atoms with E-state index in [1.807, 2.05) is 41.8 Å². The predicted octanol–water partition coefficient (Wildman–Crippen LogP) is 1.34. The Morgan fingerprint density at radius 2 is 2.04 bits per heavy atom. The average Bonchev–Trinajstić information content (AvgIpc) is 3.40. The standard InChI is InChI=1S/C18H23N7O2/c1-3-25-16(21-22-18(25)27)12-6-9-24(10-7-12)17(26)14-11-13(19-20-14)15-5-4-8-23(15)2/h4-5,8,11-12H,3,6-7,9-10H2,1-2H3,(H,19,20)(H,22,27). The molecule has 2 N–H and O–H groups in total. The zero-order valence-corrected chi connectivity index (χ0v) is 15.5. The third kappa shape index (κ3) is 3.09. The van der Waals surface area contributed by atoms with Crippen LogP contribution in [0.1, 0.15) is 42.0 Å². The summed E-state index contributed by atoms with van der Waals surface area (Å²) >= 11 is 0. The summed E-state index contributed by atoms with van der Waals surface area (Å²) in [5.41, 5.74) is 2.04. The lowest BCUT2D eigenvalue weighted by atomic mass is 9.95. The molecule has 27 heavy (non-hydrogen) atoms. The first-order valence-electron chi connectivity index (χ1n) is 9.20. The quantitative estimate of drug-likeness (QED) is 0.724. The first-order valence-corrected chi connectivity index (χ1v) is 9.20. The van der Waals surface area contributed by atoms with E-state index in [-0.39, 0.29) is 17.5 Å². The van der Waals surface area contributed by atoms with Crippen LogP contribution in [0.25, 0.3) is 11.4 Å². The number of nitrogens with zero attached hydrogens (tertiary/aromatic N) is 5. The zero-order chi connectivity index (χ0) is 19.0. The van der Waals surface area contributed by atoms with Crippen LogP contribution in [0.3, 0.4) is 0 Å². The van der Waals surface area contributed by atoms with Gasteiger partial charge in [-0.1, -0.05) is 0 Å². The monoisotopic (exact) mass is 369 g/mol. The van der Waals surface area contributed by atoms with Crippen LogP contribution in [0, 0.1) is 0 Å². The van der Waals surface area contributed by atoms with Crippen molar-refractivity contribution in [2.75, 3.05) is 13.1 Å². The topological polar surface area (TPSA) is 105 Å². The van der Waals surface area contributed by atoms with Gasteiger partial charge in [-0.25, -0.2) is 9.89 Å². The molecular formula is C18H23N7O2. The van der Waals surface area contributed by atoms with Crippen LogP contribution in [0.5, 0.6) is 0 Å². The van der Waals surface area contributed by atoms with E-state index in [2.05, 4.69) is 20.4 Å². The highest BCUT2D eigenvalue weighted by molar-refractivity contribution is 5.93. The highest BCUT2D eigenvalue weighted by Crippen LogP contribution is 2.27. The Morgan fingerprint density at radius 1 is 1.26 bits per heavy atom. The first kappa shape index (κ1) is 17.3. The van der Waals surface area contributed by atoms with Gasteiger partial charge in [0, 0.05) is 38.8 Å². The van der Waals surface area contributed by atoms with Gasteiger partial charge in [0.05, 0.1) is 5.69 Å². The SMILES string of the molecule is CCn1c(C2CCN(C(=O)c3cc(-c4cccn4C)n[nH]3)CC2)n[nH]c1=O. The number of aromatic nitrogens is 6. The Morgan fingerprint density at radius 3 is 2.70 bits per heavy atom. The van der Waals surface area contributed by atoms with E-state index in [1.54, 1.807) is 10.6 Å². The number of piperidine rings is 1. The molecule has 1 fully saturated rings. The molecule has 0 atom stereocenters. The summed E-state index contributed by atoms with van der Waals surface area (Å²) in [5.74, 6) is 0.937. The van der Waals surface area contributed by atoms with Crippen molar-refractivity contribution in [2.45, 2.75) is 32.2 Å². The summed E-state index contributed by atoms with van der Waals surface area (Å²) in [4.78, 5) is 26.4. The van der Waals surface area contributed by atoms with Gasteiger partial charge in [0.25, 0.3) is 5.91 Å². The van der Waals surface area contributed by atoms with E-state index in [4.69, 9.17) is 0 Å². The van der Waals surface area contributed by atoms with Crippen molar-refractivity contribution >= 4 is 5.91 Å². The molecule has 1 amide bonds. The molecule has 142 valence electrons. The van der Waals surface area contributed by atoms with Crippen molar-refractivity contribution < 1.29 is 4.79 Å². The second-order valence-corrected chi connectivity index (χ2v) is 6.87. The molecule has 1 aliphatic heterocycles. The van der Waals surface area contributed by atoms with Crippen LogP contribution >= 0.6 is 0 Å². The maximum Gasteiger partial charge on any atom is 0.343 e. The minimum Gasteiger partial charge on any atom is -0.349 e. The molecule has 3 aromatic rings. The Hall–Kier alpha value is -3.10. The second-order valence-electron chi connectivity index (χ2n) is 6.87. The number of rotatable bonds is 4. The lowest BCUT2D eigenvalue weighted by Gasteiger charge is -2.31. The molecule has 0 bridgehead atoms. The molecule has 0 spiro atoms. The third-order valence-corrected chi connectivity index (χ3v) is 5.27. The van der Waals surface area contributed by atoms with E-state index in [1.165, 1.54) is 0 Å². The molecular weight excluding hydrogens is 346 g/mol. The van der Waals surface area contributed by atoms with Crippen LogP contribution in [0.15, 0.2) is 29.2 Å².